The second-order valence-corrected chi connectivity index (χ2v) is 14.5. The summed E-state index contributed by atoms with van der Waals surface area (Å²) >= 11 is 0. The van der Waals surface area contributed by atoms with E-state index in [1.54, 1.807) is 0 Å². The molecule has 0 aromatic heterocycles. The van der Waals surface area contributed by atoms with Crippen molar-refractivity contribution in [1.82, 2.24) is 0 Å². The fourth-order valence-corrected chi connectivity index (χ4v) is 8.44. The molecule has 1 atom stereocenters. The smallest absolute Gasteiger partial charge is 0.0317 e. The van der Waals surface area contributed by atoms with Crippen LogP contribution in [0.2, 0.25) is 0 Å². The van der Waals surface area contributed by atoms with Crippen LogP contribution >= 0.6 is 0 Å². The first-order chi connectivity index (χ1) is 20.7. The summed E-state index contributed by atoms with van der Waals surface area (Å²) in [6, 6.07) is 37.1. The third-order valence-corrected chi connectivity index (χ3v) is 10.7. The molecule has 43 heavy (non-hydrogen) atoms. The molecule has 208 valence electrons. The lowest BCUT2D eigenvalue weighted by atomic mass is 9.69. The van der Waals surface area contributed by atoms with E-state index in [1.165, 1.54) is 88.0 Å². The molecule has 0 amide bonds. The van der Waals surface area contributed by atoms with Crippen molar-refractivity contribution in [2.45, 2.75) is 57.8 Å². The van der Waals surface area contributed by atoms with Crippen molar-refractivity contribution < 1.29 is 0 Å². The van der Waals surface area contributed by atoms with Crippen LogP contribution in [-0.2, 0) is 17.3 Å². The van der Waals surface area contributed by atoms with Crippen molar-refractivity contribution in [3.05, 3.63) is 142 Å². The van der Waals surface area contributed by atoms with Gasteiger partial charge in [-0.2, -0.15) is 0 Å². The van der Waals surface area contributed by atoms with Crippen LogP contribution in [0.4, 0.5) is 0 Å². The standard InChI is InChI=1S/C43H36/c1-42(2,3)30-20-27-14-15-29-24-38-41(35-19-17-28(21-30)39(27)40(29)35)34-18-16-26(23-37(34)43(38,4)5)36-22-25-10-6-7-11-31(25)32-12-8-9-13-33(32)36/h6-16,18-24,41H,17H2,1-5H3. The maximum Gasteiger partial charge on any atom is 0.0317 e. The Kier molecular flexibility index (Phi) is 4.88. The zero-order valence-electron chi connectivity index (χ0n) is 25.7. The summed E-state index contributed by atoms with van der Waals surface area (Å²) in [6.45, 7) is 11.9. The first-order valence-corrected chi connectivity index (χ1v) is 15.8. The predicted octanol–water partition coefficient (Wildman–Crippen LogP) is 11.5. The SMILES string of the molecule is CC(C)(C)c1cc2c3c4c(ccc3c1)C=C1C(C4=CC2)c2ccc(-c3cc4ccccc4c4ccccc34)cc2C1(C)C. The summed E-state index contributed by atoms with van der Waals surface area (Å²) < 4.78 is 0. The maximum atomic E-state index is 2.56. The Morgan fingerprint density at radius 2 is 1.49 bits per heavy atom. The average molecular weight is 553 g/mol. The van der Waals surface area contributed by atoms with E-state index in [-0.39, 0.29) is 10.8 Å². The Morgan fingerprint density at radius 1 is 0.721 bits per heavy atom. The second kappa shape index (κ2) is 8.35. The molecule has 3 aliphatic rings. The molecule has 9 rings (SSSR count). The van der Waals surface area contributed by atoms with Gasteiger partial charge in [0.2, 0.25) is 0 Å². The molecule has 0 fully saturated rings. The van der Waals surface area contributed by atoms with Gasteiger partial charge in [-0.25, -0.2) is 0 Å². The maximum absolute atomic E-state index is 2.56. The summed E-state index contributed by atoms with van der Waals surface area (Å²) in [5.74, 6) is 0.320. The minimum absolute atomic E-state index is 0.0491. The Hall–Kier alpha value is -4.42. The third kappa shape index (κ3) is 3.38. The van der Waals surface area contributed by atoms with Gasteiger partial charge in [0.25, 0.3) is 0 Å². The molecule has 0 heteroatoms. The topological polar surface area (TPSA) is 0 Å². The average Bonchev–Trinajstić information content (AvgIpc) is 3.24. The van der Waals surface area contributed by atoms with E-state index >= 15 is 0 Å². The minimum Gasteiger partial charge on any atom is -0.0753 e. The van der Waals surface area contributed by atoms with Crippen molar-refractivity contribution >= 4 is 44.0 Å². The molecule has 3 aliphatic carbocycles. The van der Waals surface area contributed by atoms with Crippen molar-refractivity contribution in [3.8, 4) is 11.1 Å². The van der Waals surface area contributed by atoms with E-state index in [0.717, 1.165) is 6.42 Å². The van der Waals surface area contributed by atoms with E-state index in [9.17, 15) is 0 Å². The van der Waals surface area contributed by atoms with Crippen LogP contribution in [-0.4, -0.2) is 0 Å². The highest BCUT2D eigenvalue weighted by molar-refractivity contribution is 6.14. The van der Waals surface area contributed by atoms with Crippen LogP contribution < -0.4 is 0 Å². The fourth-order valence-electron chi connectivity index (χ4n) is 8.44. The van der Waals surface area contributed by atoms with Gasteiger partial charge >= 0.3 is 0 Å². The van der Waals surface area contributed by atoms with Gasteiger partial charge in [-0.05, 0) is 112 Å². The largest absolute Gasteiger partial charge is 0.0753 e. The van der Waals surface area contributed by atoms with E-state index in [2.05, 4.69) is 144 Å². The monoisotopic (exact) mass is 552 g/mol. The number of rotatable bonds is 1. The van der Waals surface area contributed by atoms with E-state index < -0.39 is 0 Å². The molecule has 6 aromatic rings. The zero-order valence-corrected chi connectivity index (χ0v) is 25.7. The number of allylic oxidation sites excluding steroid dienone is 3. The van der Waals surface area contributed by atoms with Crippen LogP contribution in [0, 0.1) is 0 Å². The highest BCUT2D eigenvalue weighted by Crippen LogP contribution is 2.60. The van der Waals surface area contributed by atoms with E-state index in [4.69, 9.17) is 0 Å². The summed E-state index contributed by atoms with van der Waals surface area (Å²) in [4.78, 5) is 0. The van der Waals surface area contributed by atoms with Gasteiger partial charge in [0.15, 0.2) is 0 Å². The van der Waals surface area contributed by atoms with Gasteiger partial charge < -0.3 is 0 Å². The Labute approximate surface area is 254 Å². The highest BCUT2D eigenvalue weighted by atomic mass is 14.5. The third-order valence-electron chi connectivity index (χ3n) is 10.7. The molecule has 1 unspecified atom stereocenters. The molecular formula is C43H36. The van der Waals surface area contributed by atoms with E-state index in [1.807, 2.05) is 0 Å². The molecule has 0 saturated heterocycles. The van der Waals surface area contributed by atoms with Crippen molar-refractivity contribution in [2.75, 3.05) is 0 Å². The van der Waals surface area contributed by atoms with Gasteiger partial charge in [-0.1, -0.05) is 132 Å². The zero-order chi connectivity index (χ0) is 29.2. The molecule has 0 bridgehead atoms. The summed E-state index contributed by atoms with van der Waals surface area (Å²) in [5.41, 5.74) is 14.5. The predicted molar refractivity (Wildman–Crippen MR) is 185 cm³/mol. The lowest BCUT2D eigenvalue weighted by molar-refractivity contribution is 0.590. The highest BCUT2D eigenvalue weighted by Gasteiger charge is 2.46. The van der Waals surface area contributed by atoms with Gasteiger partial charge in [-0.15, -0.1) is 0 Å². The Balaban J connectivity index is 1.24. The number of benzene rings is 6. The van der Waals surface area contributed by atoms with Gasteiger partial charge in [-0.3, -0.25) is 0 Å². The summed E-state index contributed by atoms with van der Waals surface area (Å²) in [6.07, 6.45) is 6.10. The van der Waals surface area contributed by atoms with Crippen molar-refractivity contribution in [2.24, 2.45) is 0 Å². The van der Waals surface area contributed by atoms with Gasteiger partial charge in [0.1, 0.15) is 0 Å². The molecule has 0 spiro atoms. The first-order valence-electron chi connectivity index (χ1n) is 15.8. The van der Waals surface area contributed by atoms with Crippen LogP contribution in [0.25, 0.3) is 55.1 Å². The molecule has 0 heterocycles. The fraction of sp³-hybridized carbons (Fsp3) is 0.209. The summed E-state index contributed by atoms with van der Waals surface area (Å²) in [5, 5.41) is 8.13. The second-order valence-electron chi connectivity index (χ2n) is 14.5. The normalized spacial score (nSPS) is 18.0. The molecule has 6 aromatic carbocycles. The van der Waals surface area contributed by atoms with Crippen LogP contribution in [0.5, 0.6) is 0 Å². The molecule has 0 aliphatic heterocycles. The van der Waals surface area contributed by atoms with Crippen LogP contribution in [0.15, 0.2) is 109 Å². The Morgan fingerprint density at radius 3 is 2.30 bits per heavy atom. The molecule has 0 nitrogen and oxygen atoms in total. The van der Waals surface area contributed by atoms with Gasteiger partial charge in [0, 0.05) is 11.3 Å². The first kappa shape index (κ1) is 25.1. The number of fused-ring (bicyclic) bond motifs is 7. The number of hydrogen-bond acceptors (Lipinski definition) is 0. The molecule has 0 N–H and O–H groups in total. The quantitative estimate of drug-likeness (QED) is 0.178. The molecule has 0 saturated carbocycles. The lowest BCUT2D eigenvalue weighted by Gasteiger charge is -2.34. The Bertz CT molecular complexity index is 2260. The molecular weight excluding hydrogens is 516 g/mol. The van der Waals surface area contributed by atoms with Crippen LogP contribution in [0.1, 0.15) is 73.9 Å². The summed E-state index contributed by atoms with van der Waals surface area (Å²) in [7, 11) is 0. The minimum atomic E-state index is -0.0491. The van der Waals surface area contributed by atoms with Crippen molar-refractivity contribution in [3.63, 3.8) is 0 Å². The van der Waals surface area contributed by atoms with Gasteiger partial charge in [0.05, 0.1) is 0 Å². The molecule has 0 radical (unpaired) electrons. The van der Waals surface area contributed by atoms with Crippen LogP contribution in [0.3, 0.4) is 0 Å². The number of hydrogen-bond donors (Lipinski definition) is 0. The lowest BCUT2D eigenvalue weighted by Crippen LogP contribution is -2.20. The van der Waals surface area contributed by atoms with E-state index in [0.29, 0.717) is 5.92 Å². The van der Waals surface area contributed by atoms with Crippen molar-refractivity contribution in [1.29, 1.82) is 0 Å².